The van der Waals surface area contributed by atoms with E-state index in [1.54, 1.807) is 0 Å². The fourth-order valence-corrected chi connectivity index (χ4v) is 4.74. The lowest BCUT2D eigenvalue weighted by atomic mass is 9.43. The van der Waals surface area contributed by atoms with Gasteiger partial charge < -0.3 is 20.1 Å². The topological polar surface area (TPSA) is 81.8 Å². The van der Waals surface area contributed by atoms with Crippen molar-refractivity contribution in [2.24, 2.45) is 28.9 Å². The Morgan fingerprint density at radius 1 is 1.31 bits per heavy atom. The average molecular weight is 379 g/mol. The van der Waals surface area contributed by atoms with E-state index in [-0.39, 0.29) is 24.8 Å². The third-order valence-electron chi connectivity index (χ3n) is 6.30. The molecule has 0 aromatic heterocycles. The van der Waals surface area contributed by atoms with Crippen LogP contribution in [0.3, 0.4) is 0 Å². The molecule has 1 heterocycles. The van der Waals surface area contributed by atoms with Crippen molar-refractivity contribution in [2.75, 3.05) is 0 Å². The van der Waals surface area contributed by atoms with Gasteiger partial charge in [-0.05, 0) is 49.4 Å². The van der Waals surface area contributed by atoms with E-state index in [0.29, 0.717) is 17.3 Å². The first-order chi connectivity index (χ1) is 11.7. The number of aliphatic carboxylic acids is 1. The number of alkyl halides is 3. The minimum absolute atomic E-state index is 0.00253. The van der Waals surface area contributed by atoms with E-state index in [4.69, 9.17) is 24.9 Å². The highest BCUT2D eigenvalue weighted by atomic mass is 19.4. The van der Waals surface area contributed by atoms with E-state index >= 15 is 0 Å². The molecule has 0 unspecified atom stereocenters. The summed E-state index contributed by atoms with van der Waals surface area (Å²) in [6.07, 6.45) is -1.42. The van der Waals surface area contributed by atoms with Crippen LogP contribution in [-0.2, 0) is 14.1 Å². The lowest BCUT2D eigenvalue weighted by Crippen LogP contribution is -2.65. The van der Waals surface area contributed by atoms with E-state index in [2.05, 4.69) is 34.6 Å². The van der Waals surface area contributed by atoms with Crippen molar-refractivity contribution in [1.82, 2.24) is 0 Å². The Kier molecular flexibility index (Phi) is 5.77. The molecule has 0 amide bonds. The van der Waals surface area contributed by atoms with Gasteiger partial charge in [-0.3, -0.25) is 0 Å². The second kappa shape index (κ2) is 6.98. The molecule has 2 bridgehead atoms. The molecule has 0 aromatic rings. The minimum Gasteiger partial charge on any atom is -0.475 e. The zero-order valence-corrected chi connectivity index (χ0v) is 16.0. The zero-order chi connectivity index (χ0) is 20.1. The molecule has 150 valence electrons. The number of hydrogen-bond donors (Lipinski definition) is 2. The molecule has 3 aliphatic carbocycles. The summed E-state index contributed by atoms with van der Waals surface area (Å²) in [5.74, 6) is -0.739. The van der Waals surface area contributed by atoms with Gasteiger partial charge in [-0.2, -0.15) is 13.2 Å². The van der Waals surface area contributed by atoms with Gasteiger partial charge in [0.05, 0.1) is 11.7 Å². The molecule has 4 fully saturated rings. The van der Waals surface area contributed by atoms with Gasteiger partial charge in [0.15, 0.2) is 0 Å². The summed E-state index contributed by atoms with van der Waals surface area (Å²) in [6, 6.07) is 0. The Morgan fingerprint density at radius 3 is 2.27 bits per heavy atom. The first-order valence-electron chi connectivity index (χ1n) is 9.08. The molecule has 0 spiro atoms. The van der Waals surface area contributed by atoms with Crippen molar-refractivity contribution in [3.8, 4) is 0 Å². The van der Waals surface area contributed by atoms with Crippen LogP contribution in [0.25, 0.3) is 0 Å². The predicted octanol–water partition coefficient (Wildman–Crippen LogP) is 3.26. The van der Waals surface area contributed by atoms with Gasteiger partial charge >= 0.3 is 19.3 Å². The maximum absolute atomic E-state index is 10.6. The lowest BCUT2D eigenvalue weighted by molar-refractivity contribution is -0.199. The van der Waals surface area contributed by atoms with Crippen LogP contribution in [0.4, 0.5) is 13.2 Å². The molecule has 5 atom stereocenters. The normalized spacial score (nSPS) is 35.9. The Hall–Kier alpha value is -0.795. The number of hydrogen-bond acceptors (Lipinski definition) is 4. The van der Waals surface area contributed by atoms with Gasteiger partial charge in [0, 0.05) is 5.94 Å². The Bertz CT molecular complexity index is 543. The maximum Gasteiger partial charge on any atom is 0.490 e. The van der Waals surface area contributed by atoms with Crippen molar-refractivity contribution in [1.29, 1.82) is 0 Å². The molecule has 3 N–H and O–H groups in total. The van der Waals surface area contributed by atoms with Gasteiger partial charge in [0.25, 0.3) is 0 Å². The van der Waals surface area contributed by atoms with E-state index < -0.39 is 12.1 Å². The van der Waals surface area contributed by atoms with Crippen LogP contribution in [-0.4, -0.2) is 42.0 Å². The summed E-state index contributed by atoms with van der Waals surface area (Å²) in [7, 11) is -0.201. The number of carboxylic acid groups (broad SMARTS) is 1. The van der Waals surface area contributed by atoms with Gasteiger partial charge in [-0.25, -0.2) is 4.79 Å². The molecule has 0 radical (unpaired) electrons. The Balaban J connectivity index is 0.000000298. The van der Waals surface area contributed by atoms with Crippen molar-refractivity contribution < 1.29 is 32.4 Å². The number of carboxylic acids is 1. The average Bonchev–Trinajstić information content (AvgIpc) is 2.83. The van der Waals surface area contributed by atoms with Crippen LogP contribution < -0.4 is 5.73 Å². The van der Waals surface area contributed by atoms with Gasteiger partial charge in [0.1, 0.15) is 0 Å². The molecule has 4 rings (SSSR count). The third kappa shape index (κ3) is 3.89. The summed E-state index contributed by atoms with van der Waals surface area (Å²) >= 11 is 0. The number of rotatable bonds is 3. The second-order valence-corrected chi connectivity index (χ2v) is 8.93. The molecular formula is C17H29BF3NO4. The van der Waals surface area contributed by atoms with Crippen molar-refractivity contribution >= 4 is 13.1 Å². The number of halogens is 3. The minimum atomic E-state index is -5.08. The molecule has 4 aliphatic rings. The quantitative estimate of drug-likeness (QED) is 0.736. The van der Waals surface area contributed by atoms with E-state index in [1.807, 2.05) is 0 Å². The lowest BCUT2D eigenvalue weighted by Gasteiger charge is -2.64. The monoisotopic (exact) mass is 379 g/mol. The summed E-state index contributed by atoms with van der Waals surface area (Å²) < 4.78 is 44.3. The summed E-state index contributed by atoms with van der Waals surface area (Å²) in [5, 5.41) is 7.12. The molecule has 9 heteroatoms. The van der Waals surface area contributed by atoms with Gasteiger partial charge in [-0.15, -0.1) is 0 Å². The highest BCUT2D eigenvalue weighted by Gasteiger charge is 2.68. The SMILES string of the molecule is CC(C)C[C@H](N)B1O[C@H]2C[C@H]3C[C@H](C3(C)C)[C@@]2(C)O1.O=C(O)C(F)(F)F. The molecular weight excluding hydrogens is 350 g/mol. The number of nitrogens with two attached hydrogens (primary N) is 1. The van der Waals surface area contributed by atoms with Crippen molar-refractivity contribution in [3.05, 3.63) is 0 Å². The van der Waals surface area contributed by atoms with E-state index in [0.717, 1.165) is 18.8 Å². The molecule has 0 aromatic carbocycles. The standard InChI is InChI=1S/C15H28BNO2.C2HF3O2/c1-9(2)6-13(17)16-18-12-8-10-7-11(14(10,3)4)15(12,5)19-16;3-2(4,5)1(6)7/h9-13H,6-8,17H2,1-5H3;(H,6,7)/t10-,11-,12+,13+,15-;/m1./s1. The smallest absolute Gasteiger partial charge is 0.475 e. The summed E-state index contributed by atoms with van der Waals surface area (Å²) in [4.78, 5) is 8.90. The maximum atomic E-state index is 10.6. The Labute approximate surface area is 152 Å². The van der Waals surface area contributed by atoms with Crippen LogP contribution in [0, 0.1) is 23.2 Å². The molecule has 3 saturated carbocycles. The number of carbonyl (C=O) groups is 1. The van der Waals surface area contributed by atoms with E-state index in [9.17, 15) is 13.2 Å². The van der Waals surface area contributed by atoms with E-state index in [1.165, 1.54) is 6.42 Å². The van der Waals surface area contributed by atoms with Crippen LogP contribution in [0.5, 0.6) is 0 Å². The van der Waals surface area contributed by atoms with Crippen LogP contribution in [0.1, 0.15) is 53.9 Å². The van der Waals surface area contributed by atoms with Gasteiger partial charge in [-0.1, -0.05) is 27.7 Å². The van der Waals surface area contributed by atoms with Crippen LogP contribution >= 0.6 is 0 Å². The fraction of sp³-hybridized carbons (Fsp3) is 0.941. The summed E-state index contributed by atoms with van der Waals surface area (Å²) in [6.45, 7) is 11.4. The Morgan fingerprint density at radius 2 is 1.85 bits per heavy atom. The molecule has 1 saturated heterocycles. The highest BCUT2D eigenvalue weighted by molar-refractivity contribution is 6.47. The third-order valence-corrected chi connectivity index (χ3v) is 6.30. The van der Waals surface area contributed by atoms with Crippen LogP contribution in [0.2, 0.25) is 0 Å². The van der Waals surface area contributed by atoms with Gasteiger partial charge in [0.2, 0.25) is 0 Å². The van der Waals surface area contributed by atoms with Crippen LogP contribution in [0.15, 0.2) is 0 Å². The largest absolute Gasteiger partial charge is 0.490 e. The second-order valence-electron chi connectivity index (χ2n) is 8.93. The molecule has 5 nitrogen and oxygen atoms in total. The first kappa shape index (κ1) is 21.5. The molecule has 26 heavy (non-hydrogen) atoms. The van der Waals surface area contributed by atoms with Crippen molar-refractivity contribution in [3.63, 3.8) is 0 Å². The zero-order valence-electron chi connectivity index (χ0n) is 16.0. The predicted molar refractivity (Wildman–Crippen MR) is 91.2 cm³/mol. The van der Waals surface area contributed by atoms with Crippen molar-refractivity contribution in [2.45, 2.75) is 77.7 Å². The first-order valence-corrected chi connectivity index (χ1v) is 9.08. The highest BCUT2D eigenvalue weighted by Crippen LogP contribution is 2.65. The molecule has 1 aliphatic heterocycles. The fourth-order valence-electron chi connectivity index (χ4n) is 4.74. The summed E-state index contributed by atoms with van der Waals surface area (Å²) in [5.41, 5.74) is 6.56.